The minimum absolute atomic E-state index is 0.788. The molecule has 0 atom stereocenters. The molecule has 0 spiro atoms. The highest BCUT2D eigenvalue weighted by Gasteiger charge is 2.13. The third kappa shape index (κ3) is 122. The third-order valence-corrected chi connectivity index (χ3v) is 10.1. The van der Waals surface area contributed by atoms with Gasteiger partial charge in [0.25, 0.3) is 0 Å². The zero-order chi connectivity index (χ0) is 56.7. The Kier molecular flexibility index (Phi) is 63.5. The van der Waals surface area contributed by atoms with Gasteiger partial charge in [0.05, 0.1) is 31.3 Å². The Labute approximate surface area is 428 Å². The van der Waals surface area contributed by atoms with Gasteiger partial charge in [-0.3, -0.25) is 48.9 Å². The molecule has 0 aliphatic rings. The van der Waals surface area contributed by atoms with E-state index in [1.807, 2.05) is 6.92 Å². The molecule has 0 saturated heterocycles. The van der Waals surface area contributed by atoms with E-state index in [9.17, 15) is 22.8 Å². The molecule has 24 nitrogen and oxygen atoms in total. The first-order chi connectivity index (χ1) is 33.3. The van der Waals surface area contributed by atoms with E-state index in [0.717, 1.165) is 128 Å². The lowest BCUT2D eigenvalue weighted by Crippen LogP contribution is -1.81. The zero-order valence-corrected chi connectivity index (χ0v) is 48.2. The van der Waals surface area contributed by atoms with E-state index in [1.54, 1.807) is 30.4 Å². The molecule has 0 aromatic carbocycles. The predicted molar refractivity (Wildman–Crippen MR) is 279 cm³/mol. The molecule has 0 aliphatic heterocycles. The normalized spacial score (nSPS) is 12.2. The van der Waals surface area contributed by atoms with Crippen molar-refractivity contribution >= 4 is 46.9 Å². The first-order valence-corrected chi connectivity index (χ1v) is 33.2. The van der Waals surface area contributed by atoms with Crippen LogP contribution in [0.2, 0.25) is 0 Å². The quantitative estimate of drug-likeness (QED) is 0.0156. The molecule has 434 valence electrons. The lowest BCUT2D eigenvalue weighted by Gasteiger charge is -2.01. The molecule has 0 heterocycles. The Hall–Kier alpha value is -1.44. The monoisotopic (exact) mass is 1170 g/mol. The van der Waals surface area contributed by atoms with Gasteiger partial charge in [0, 0.05) is 0 Å². The molecule has 0 aromatic heterocycles. The molecule has 0 aliphatic carbocycles. The maximum Gasteiger partial charge on any atom is 0.524 e. The summed E-state index contributed by atoms with van der Waals surface area (Å²) in [6, 6.07) is 0. The van der Waals surface area contributed by atoms with Gasteiger partial charge in [-0.25, -0.2) is 27.4 Å². The largest absolute Gasteiger partial charge is 0.524 e. The summed E-state index contributed by atoms with van der Waals surface area (Å²) < 4.78 is 80.4. The van der Waals surface area contributed by atoms with E-state index in [4.69, 9.17) is 68.2 Å². The molecular weight excluding hydrogens is 1070 g/mol. The van der Waals surface area contributed by atoms with Gasteiger partial charge in [0.2, 0.25) is 0 Å². The van der Waals surface area contributed by atoms with Crippen molar-refractivity contribution in [1.29, 1.82) is 0 Å². The topological polar surface area (TPSA) is 412 Å². The highest BCUT2D eigenvalue weighted by molar-refractivity contribution is 7.47. The standard InChI is InChI=1S/C12H25O4P.C9H19O4P.C8H17O4P.C7H15O4P.C6H13O4P.H3O4P/c1-2-3-4-5-6-7-8-9-10-11-12-16-17(13,14)15;1-2-3-4-5-6-7-8-9-13-14(10,11)12;1-2-3-4-5-6-7-8-12-13(9,10)11;1-2-3-4-5-6-7-11-12(8,9)10;1-2-3-4-5-6-10-11(7,8)9;1-5(2,3)4/h11-12H,2-10H2,1H3,(H2,13,14,15);8-9H,2-7H2,1H3,(H2,10,11,12);7-8H,2-6H2,1H3,(H2,9,10,11);6-7H,2-5H2,1H3,(H2,8,9,10);5-6H,2-4H2,1H3,(H2,7,8,9);(H3,1,2,3,4). The molecule has 72 heavy (non-hydrogen) atoms. The fourth-order valence-electron chi connectivity index (χ4n) is 4.74. The fraction of sp³-hybridized carbons (Fsp3) is 0.762. The van der Waals surface area contributed by atoms with Crippen molar-refractivity contribution in [3.05, 3.63) is 61.7 Å². The van der Waals surface area contributed by atoms with Gasteiger partial charge in [-0.05, 0) is 94.6 Å². The summed E-state index contributed by atoms with van der Waals surface area (Å²) in [5.74, 6) is 0. The Balaban J connectivity index is -0.000000186. The third-order valence-electron chi connectivity index (χ3n) is 8.09. The second-order valence-corrected chi connectivity index (χ2v) is 22.3. The van der Waals surface area contributed by atoms with E-state index >= 15 is 0 Å². The number of hydrogen-bond donors (Lipinski definition) is 13. The van der Waals surface area contributed by atoms with Crippen LogP contribution in [-0.4, -0.2) is 63.6 Å². The van der Waals surface area contributed by atoms with Crippen LogP contribution in [-0.2, 0) is 50.0 Å². The number of rotatable bonds is 37. The molecule has 0 fully saturated rings. The first kappa shape index (κ1) is 81.9. The van der Waals surface area contributed by atoms with Crippen molar-refractivity contribution in [2.24, 2.45) is 0 Å². The van der Waals surface area contributed by atoms with Crippen LogP contribution >= 0.6 is 46.9 Å². The summed E-state index contributed by atoms with van der Waals surface area (Å²) in [7, 11) is -26.2. The van der Waals surface area contributed by atoms with Crippen LogP contribution in [0.25, 0.3) is 0 Å². The molecule has 0 aromatic rings. The lowest BCUT2D eigenvalue weighted by molar-refractivity contribution is 0.256. The van der Waals surface area contributed by atoms with Crippen molar-refractivity contribution in [3.8, 4) is 0 Å². The van der Waals surface area contributed by atoms with Crippen LogP contribution in [0.15, 0.2) is 61.7 Å². The molecule has 0 radical (unpaired) electrons. The second kappa shape index (κ2) is 55.8. The zero-order valence-electron chi connectivity index (χ0n) is 42.9. The molecule has 30 heteroatoms. The van der Waals surface area contributed by atoms with Crippen LogP contribution in [0.1, 0.15) is 208 Å². The van der Waals surface area contributed by atoms with Gasteiger partial charge in [-0.1, -0.05) is 144 Å². The average Bonchev–Trinajstić information content (AvgIpc) is 3.23. The summed E-state index contributed by atoms with van der Waals surface area (Å²) in [6.45, 7) is 10.6. The molecule has 13 N–H and O–H groups in total. The highest BCUT2D eigenvalue weighted by Crippen LogP contribution is 2.38. The van der Waals surface area contributed by atoms with Crippen molar-refractivity contribution in [2.45, 2.75) is 208 Å². The Morgan fingerprint density at radius 2 is 0.389 bits per heavy atom. The minimum Gasteiger partial charge on any atom is -0.413 e. The number of hydrogen-bond acceptors (Lipinski definition) is 11. The molecule has 0 unspecified atom stereocenters. The van der Waals surface area contributed by atoms with E-state index in [-0.39, 0.29) is 0 Å². The summed E-state index contributed by atoms with van der Waals surface area (Å²) in [5, 5.41) is 0. The summed E-state index contributed by atoms with van der Waals surface area (Å²) >= 11 is 0. The van der Waals surface area contributed by atoms with Crippen molar-refractivity contribution < 1.29 is 114 Å². The Morgan fingerprint density at radius 3 is 0.583 bits per heavy atom. The van der Waals surface area contributed by atoms with Crippen LogP contribution in [0.5, 0.6) is 0 Å². The molecule has 0 bridgehead atoms. The van der Waals surface area contributed by atoms with Gasteiger partial charge in [0.15, 0.2) is 0 Å². The van der Waals surface area contributed by atoms with E-state index in [2.05, 4.69) is 50.3 Å². The maximum atomic E-state index is 10.3. The molecular formula is C42H92O24P6. The summed E-state index contributed by atoms with van der Waals surface area (Å²) in [5.41, 5.74) is 0. The van der Waals surface area contributed by atoms with Crippen LogP contribution in [0.4, 0.5) is 0 Å². The van der Waals surface area contributed by atoms with Gasteiger partial charge < -0.3 is 37.3 Å². The number of unbranched alkanes of at least 4 members (excludes halogenated alkanes) is 22. The minimum atomic E-state index is -4.64. The second-order valence-electron chi connectivity index (χ2n) is 15.3. The van der Waals surface area contributed by atoms with Crippen molar-refractivity contribution in [1.82, 2.24) is 0 Å². The van der Waals surface area contributed by atoms with E-state index in [1.165, 1.54) is 77.0 Å². The first-order valence-electron chi connectivity index (χ1n) is 24.0. The van der Waals surface area contributed by atoms with Crippen molar-refractivity contribution in [3.63, 3.8) is 0 Å². The Bertz CT molecular complexity index is 1600. The van der Waals surface area contributed by atoms with Crippen LogP contribution < -0.4 is 0 Å². The van der Waals surface area contributed by atoms with Gasteiger partial charge >= 0.3 is 46.9 Å². The summed E-state index contributed by atoms with van der Waals surface area (Å²) in [4.78, 5) is 105. The van der Waals surface area contributed by atoms with Gasteiger partial charge in [-0.15, -0.1) is 0 Å². The summed E-state index contributed by atoms with van der Waals surface area (Å²) in [6.07, 6.45) is 43.4. The highest BCUT2D eigenvalue weighted by atomic mass is 31.2. The SMILES string of the molecule is CCCCC=COP(=O)(O)O.CCCCCC=COP(=O)(O)O.CCCCCCC=COP(=O)(O)O.CCCCCCCC=COP(=O)(O)O.CCCCCCCCCCC=COP(=O)(O)O.O=P(O)(O)O. The van der Waals surface area contributed by atoms with Crippen molar-refractivity contribution in [2.75, 3.05) is 0 Å². The predicted octanol–water partition coefficient (Wildman–Crippen LogP) is 12.8. The number of allylic oxidation sites excluding steroid dienone is 5. The average molecular weight is 1170 g/mol. The fourth-order valence-corrected chi connectivity index (χ4v) is 5.96. The van der Waals surface area contributed by atoms with Gasteiger partial charge in [-0.2, -0.15) is 0 Å². The smallest absolute Gasteiger partial charge is 0.413 e. The molecule has 0 rings (SSSR count). The lowest BCUT2D eigenvalue weighted by atomic mass is 10.1. The van der Waals surface area contributed by atoms with Crippen LogP contribution in [0.3, 0.4) is 0 Å². The Morgan fingerprint density at radius 1 is 0.250 bits per heavy atom. The molecule has 0 amide bonds. The van der Waals surface area contributed by atoms with Crippen LogP contribution in [0, 0.1) is 0 Å². The van der Waals surface area contributed by atoms with E-state index in [0.29, 0.717) is 0 Å². The maximum absolute atomic E-state index is 10.3. The number of phosphoric acid groups is 6. The van der Waals surface area contributed by atoms with E-state index < -0.39 is 46.9 Å². The molecule has 0 saturated carbocycles. The van der Waals surface area contributed by atoms with Gasteiger partial charge in [0.1, 0.15) is 0 Å². The number of phosphoric ester groups is 5.